The smallest absolute Gasteiger partial charge is 0.231 e. The van der Waals surface area contributed by atoms with Crippen molar-refractivity contribution in [2.24, 2.45) is 0 Å². The van der Waals surface area contributed by atoms with Crippen LogP contribution in [-0.4, -0.2) is 11.0 Å². The van der Waals surface area contributed by atoms with Gasteiger partial charge in [-0.1, -0.05) is 7.43 Å². The van der Waals surface area contributed by atoms with E-state index in [0.29, 0.717) is 0 Å². The van der Waals surface area contributed by atoms with Gasteiger partial charge in [0, 0.05) is 0 Å². The lowest BCUT2D eigenvalue weighted by Crippen LogP contribution is -1.81. The predicted molar refractivity (Wildman–Crippen MR) is 31.4 cm³/mol. The molecule has 0 amide bonds. The Labute approximate surface area is 48.1 Å². The molecule has 0 N–H and O–H groups in total. The van der Waals surface area contributed by atoms with Gasteiger partial charge in [-0.05, 0) is 11.6 Å². The monoisotopic (exact) mass is 126 g/mol. The van der Waals surface area contributed by atoms with Crippen molar-refractivity contribution < 1.29 is 4.79 Å². The maximum atomic E-state index is 9.50. The predicted octanol–water partition coefficient (Wildman–Crippen LogP) is 1.32. The first kappa shape index (κ1) is 9.58. The van der Waals surface area contributed by atoms with Crippen molar-refractivity contribution >= 4 is 29.5 Å². The average Bonchev–Trinajstić information content (AvgIpc) is 1.38. The Kier molecular flexibility index (Phi) is 8.48. The van der Waals surface area contributed by atoms with Crippen molar-refractivity contribution in [3.05, 3.63) is 0 Å². The van der Waals surface area contributed by atoms with Gasteiger partial charge in [-0.2, -0.15) is 12.6 Å². The molecule has 0 aliphatic carbocycles. The molecule has 0 aromatic carbocycles. The summed E-state index contributed by atoms with van der Waals surface area (Å²) in [5.74, 6) is 0.127. The Morgan fingerprint density at radius 1 is 1.83 bits per heavy atom. The Morgan fingerprint density at radius 2 is 2.00 bits per heavy atom. The van der Waals surface area contributed by atoms with Gasteiger partial charge in [-0.15, -0.1) is 0 Å². The molecule has 0 aliphatic heterocycles. The second kappa shape index (κ2) is 5.31. The number of hydrogen-bond acceptors (Lipinski definition) is 2. The van der Waals surface area contributed by atoms with Crippen LogP contribution in [-0.2, 0) is 4.79 Å². The first-order chi connectivity index (χ1) is 2.27. The fourth-order valence-electron chi connectivity index (χ4n) is 0. The fraction of sp³-hybridized carbons (Fsp3) is 0.667. The number of hydrogen-bond donors (Lipinski definition) is 1. The summed E-state index contributed by atoms with van der Waals surface area (Å²) in [6, 6.07) is 0. The number of carbonyl (C=O) groups is 1. The largest absolute Gasteiger partial charge is 0.280 e. The summed E-state index contributed by atoms with van der Waals surface area (Å²) >= 11 is 8.28. The zero-order valence-electron chi connectivity index (χ0n) is 2.44. The SMILES string of the molecule is C.O=C(Cl)CS. The zero-order chi connectivity index (χ0) is 4.28. The molecule has 1 nitrogen and oxygen atoms in total. The normalized spacial score (nSPS) is 6.33. The van der Waals surface area contributed by atoms with E-state index in [9.17, 15) is 4.79 Å². The Bertz CT molecular complexity index is 46.1. The third kappa shape index (κ3) is 8.85. The van der Waals surface area contributed by atoms with Gasteiger partial charge in [0.2, 0.25) is 5.24 Å². The Hall–Kier alpha value is 0.310. The maximum Gasteiger partial charge on any atom is 0.231 e. The van der Waals surface area contributed by atoms with E-state index in [1.54, 1.807) is 0 Å². The summed E-state index contributed by atoms with van der Waals surface area (Å²) in [7, 11) is 0. The van der Waals surface area contributed by atoms with Crippen molar-refractivity contribution in [1.29, 1.82) is 0 Å². The molecule has 0 heterocycles. The minimum absolute atomic E-state index is 0. The Morgan fingerprint density at radius 3 is 2.00 bits per heavy atom. The van der Waals surface area contributed by atoms with Crippen LogP contribution in [0.2, 0.25) is 0 Å². The topological polar surface area (TPSA) is 17.1 Å². The molecule has 0 saturated heterocycles. The number of carbonyl (C=O) groups excluding carboxylic acids is 1. The highest BCUT2D eigenvalue weighted by molar-refractivity contribution is 7.81. The summed E-state index contributed by atoms with van der Waals surface area (Å²) in [6.07, 6.45) is 0. The van der Waals surface area contributed by atoms with Gasteiger partial charge in [0.05, 0.1) is 5.75 Å². The fourth-order valence-corrected chi connectivity index (χ4v) is 0. The number of halogens is 1. The molecule has 0 aliphatic rings. The van der Waals surface area contributed by atoms with E-state index in [2.05, 4.69) is 12.6 Å². The zero-order valence-corrected chi connectivity index (χ0v) is 4.09. The van der Waals surface area contributed by atoms with Gasteiger partial charge in [0.15, 0.2) is 0 Å². The molecule has 3 heteroatoms. The van der Waals surface area contributed by atoms with Crippen LogP contribution in [0.4, 0.5) is 0 Å². The standard InChI is InChI=1S/C2H3ClOS.CH4/c3-2(4)1-5;/h5H,1H2;1H4. The highest BCUT2D eigenvalue weighted by Gasteiger charge is 1.81. The summed E-state index contributed by atoms with van der Waals surface area (Å²) in [6.45, 7) is 0. The van der Waals surface area contributed by atoms with Crippen LogP contribution in [0.25, 0.3) is 0 Å². The van der Waals surface area contributed by atoms with Crippen LogP contribution in [0.15, 0.2) is 0 Å². The molecule has 0 atom stereocenters. The van der Waals surface area contributed by atoms with Crippen LogP contribution in [0.5, 0.6) is 0 Å². The van der Waals surface area contributed by atoms with E-state index in [0.717, 1.165) is 0 Å². The van der Waals surface area contributed by atoms with E-state index in [4.69, 9.17) is 11.6 Å². The summed E-state index contributed by atoms with van der Waals surface area (Å²) in [5, 5.41) is -0.409. The molecule has 0 unspecified atom stereocenters. The second-order valence-corrected chi connectivity index (χ2v) is 1.25. The molecule has 0 saturated carbocycles. The van der Waals surface area contributed by atoms with Gasteiger partial charge in [0.25, 0.3) is 0 Å². The van der Waals surface area contributed by atoms with Crippen LogP contribution in [0, 0.1) is 0 Å². The van der Waals surface area contributed by atoms with Gasteiger partial charge in [-0.25, -0.2) is 0 Å². The highest BCUT2D eigenvalue weighted by Crippen LogP contribution is 1.79. The molecule has 38 valence electrons. The summed E-state index contributed by atoms with van der Waals surface area (Å²) in [4.78, 5) is 9.50. The minimum Gasteiger partial charge on any atom is -0.280 e. The van der Waals surface area contributed by atoms with Crippen molar-refractivity contribution in [2.75, 3.05) is 5.75 Å². The molecule has 0 aromatic heterocycles. The van der Waals surface area contributed by atoms with Crippen LogP contribution in [0.3, 0.4) is 0 Å². The third-order valence-corrected chi connectivity index (χ3v) is 0.732. The Balaban J connectivity index is 0. The van der Waals surface area contributed by atoms with Crippen LogP contribution in [0.1, 0.15) is 7.43 Å². The summed E-state index contributed by atoms with van der Waals surface area (Å²) in [5.41, 5.74) is 0. The van der Waals surface area contributed by atoms with Crippen molar-refractivity contribution in [1.82, 2.24) is 0 Å². The van der Waals surface area contributed by atoms with Crippen molar-refractivity contribution in [2.45, 2.75) is 7.43 Å². The van der Waals surface area contributed by atoms with Crippen molar-refractivity contribution in [3.8, 4) is 0 Å². The first-order valence-electron chi connectivity index (χ1n) is 1.06. The van der Waals surface area contributed by atoms with Gasteiger partial charge < -0.3 is 0 Å². The molecular weight excluding hydrogens is 120 g/mol. The minimum atomic E-state index is -0.409. The van der Waals surface area contributed by atoms with E-state index in [1.165, 1.54) is 0 Å². The molecule has 0 aromatic rings. The van der Waals surface area contributed by atoms with Crippen molar-refractivity contribution in [3.63, 3.8) is 0 Å². The average molecular weight is 127 g/mol. The molecule has 0 rings (SSSR count). The van der Waals surface area contributed by atoms with Gasteiger partial charge in [-0.3, -0.25) is 4.79 Å². The van der Waals surface area contributed by atoms with Gasteiger partial charge >= 0.3 is 0 Å². The molecule has 6 heavy (non-hydrogen) atoms. The lowest BCUT2D eigenvalue weighted by atomic mass is 10.9. The molecule has 0 fully saturated rings. The molecule has 0 spiro atoms. The highest BCUT2D eigenvalue weighted by atomic mass is 35.5. The lowest BCUT2D eigenvalue weighted by Gasteiger charge is -1.67. The van der Waals surface area contributed by atoms with E-state index in [-0.39, 0.29) is 13.2 Å². The van der Waals surface area contributed by atoms with Gasteiger partial charge in [0.1, 0.15) is 0 Å². The van der Waals surface area contributed by atoms with E-state index < -0.39 is 5.24 Å². The quantitative estimate of drug-likeness (QED) is 0.414. The van der Waals surface area contributed by atoms with E-state index >= 15 is 0 Å². The number of thiol groups is 1. The van der Waals surface area contributed by atoms with E-state index in [1.807, 2.05) is 0 Å². The molecule has 0 radical (unpaired) electrons. The lowest BCUT2D eigenvalue weighted by molar-refractivity contribution is -0.109. The number of rotatable bonds is 1. The molecular formula is C3H7ClOS. The second-order valence-electron chi connectivity index (χ2n) is 0.513. The third-order valence-electron chi connectivity index (χ3n) is 0.124. The molecule has 0 bridgehead atoms. The van der Waals surface area contributed by atoms with Crippen LogP contribution < -0.4 is 0 Å². The van der Waals surface area contributed by atoms with Crippen LogP contribution >= 0.6 is 24.2 Å². The maximum absolute atomic E-state index is 9.50. The summed E-state index contributed by atoms with van der Waals surface area (Å²) < 4.78 is 0. The first-order valence-corrected chi connectivity index (χ1v) is 2.07.